The molecule has 1 aromatic heterocycles. The number of carboxylic acid groups (broad SMARTS) is 1. The fraction of sp³-hybridized carbons (Fsp3) is 0.400. The van der Waals surface area contributed by atoms with Crippen LogP contribution in [-0.4, -0.2) is 49.1 Å². The summed E-state index contributed by atoms with van der Waals surface area (Å²) in [7, 11) is -3.06. The highest BCUT2D eigenvalue weighted by Crippen LogP contribution is 2.29. The number of hydrogen-bond acceptors (Lipinski definition) is 5. The van der Waals surface area contributed by atoms with Crippen LogP contribution in [0.5, 0.6) is 0 Å². The van der Waals surface area contributed by atoms with E-state index >= 15 is 0 Å². The molecule has 19 heavy (non-hydrogen) atoms. The smallest absolute Gasteiger partial charge is 0.341 e. The van der Waals surface area contributed by atoms with Gasteiger partial charge in [0.1, 0.15) is 16.5 Å². The van der Waals surface area contributed by atoms with Gasteiger partial charge in [0.05, 0.1) is 16.5 Å². The van der Waals surface area contributed by atoms with Crippen molar-refractivity contribution in [1.82, 2.24) is 4.98 Å². The largest absolute Gasteiger partial charge is 0.478 e. The van der Waals surface area contributed by atoms with Crippen LogP contribution in [0, 0.1) is 0 Å². The van der Waals surface area contributed by atoms with E-state index in [-0.39, 0.29) is 46.2 Å². The van der Waals surface area contributed by atoms with E-state index in [2.05, 4.69) is 4.98 Å². The number of pyridine rings is 1. The van der Waals surface area contributed by atoms with Crippen LogP contribution in [0.15, 0.2) is 6.07 Å². The summed E-state index contributed by atoms with van der Waals surface area (Å²) >= 11 is 11.6. The summed E-state index contributed by atoms with van der Waals surface area (Å²) in [6.45, 7) is 0.346. The Morgan fingerprint density at radius 1 is 1.32 bits per heavy atom. The summed E-state index contributed by atoms with van der Waals surface area (Å²) in [5.74, 6) is -1.20. The van der Waals surface area contributed by atoms with Gasteiger partial charge in [-0.05, 0) is 6.07 Å². The van der Waals surface area contributed by atoms with E-state index in [1.165, 1.54) is 6.07 Å². The van der Waals surface area contributed by atoms with Crippen molar-refractivity contribution in [2.24, 2.45) is 0 Å². The molecule has 2 rings (SSSR count). The lowest BCUT2D eigenvalue weighted by atomic mass is 10.2. The van der Waals surface area contributed by atoms with Gasteiger partial charge in [0.2, 0.25) is 0 Å². The zero-order valence-corrected chi connectivity index (χ0v) is 12.0. The highest BCUT2D eigenvalue weighted by molar-refractivity contribution is 7.91. The van der Waals surface area contributed by atoms with Gasteiger partial charge < -0.3 is 10.0 Å². The number of carboxylic acids is 1. The zero-order valence-electron chi connectivity index (χ0n) is 9.64. The molecular weight excluding hydrogens is 315 g/mol. The molecule has 104 valence electrons. The van der Waals surface area contributed by atoms with E-state index in [9.17, 15) is 13.2 Å². The number of hydrogen-bond donors (Lipinski definition) is 1. The maximum absolute atomic E-state index is 11.4. The van der Waals surface area contributed by atoms with Crippen LogP contribution >= 0.6 is 23.2 Å². The Kier molecular flexibility index (Phi) is 3.89. The Labute approximate surface area is 119 Å². The Balaban J connectivity index is 2.42. The second kappa shape index (κ2) is 5.15. The molecule has 1 N–H and O–H groups in total. The van der Waals surface area contributed by atoms with Gasteiger partial charge in [-0.2, -0.15) is 0 Å². The second-order valence-electron chi connectivity index (χ2n) is 4.07. The fourth-order valence-corrected chi connectivity index (χ4v) is 3.54. The van der Waals surface area contributed by atoms with Crippen molar-refractivity contribution in [2.45, 2.75) is 0 Å². The average Bonchev–Trinajstić information content (AvgIpc) is 2.26. The molecule has 0 spiro atoms. The quantitative estimate of drug-likeness (QED) is 0.825. The van der Waals surface area contributed by atoms with Crippen molar-refractivity contribution in [3.63, 3.8) is 0 Å². The van der Waals surface area contributed by atoms with Crippen molar-refractivity contribution < 1.29 is 18.3 Å². The Hall–Kier alpha value is -1.05. The molecule has 0 amide bonds. The summed E-state index contributed by atoms with van der Waals surface area (Å²) in [5, 5.41) is 9.21. The van der Waals surface area contributed by atoms with E-state index in [1.807, 2.05) is 0 Å². The topological polar surface area (TPSA) is 87.6 Å². The third kappa shape index (κ3) is 3.10. The van der Waals surface area contributed by atoms with Gasteiger partial charge in [-0.1, -0.05) is 23.2 Å². The highest BCUT2D eigenvalue weighted by atomic mass is 35.5. The average molecular weight is 325 g/mol. The summed E-state index contributed by atoms with van der Waals surface area (Å²) in [5.41, 5.74) is -0.162. The van der Waals surface area contributed by atoms with E-state index in [4.69, 9.17) is 28.3 Å². The van der Waals surface area contributed by atoms with Crippen molar-refractivity contribution in [1.29, 1.82) is 0 Å². The number of aromatic nitrogens is 1. The molecule has 0 aromatic carbocycles. The third-order valence-electron chi connectivity index (χ3n) is 2.78. The van der Waals surface area contributed by atoms with Crippen LogP contribution in [0.3, 0.4) is 0 Å². The lowest BCUT2D eigenvalue weighted by Gasteiger charge is -2.29. The van der Waals surface area contributed by atoms with E-state index in [0.29, 0.717) is 0 Å². The minimum atomic E-state index is -3.06. The number of carbonyl (C=O) groups is 1. The Morgan fingerprint density at radius 3 is 2.42 bits per heavy atom. The maximum Gasteiger partial charge on any atom is 0.341 e. The maximum atomic E-state index is 11.4. The molecule has 0 radical (unpaired) electrons. The molecule has 1 aliphatic heterocycles. The Morgan fingerprint density at radius 2 is 1.89 bits per heavy atom. The molecule has 0 unspecified atom stereocenters. The first-order valence-corrected chi connectivity index (χ1v) is 7.92. The molecule has 9 heteroatoms. The van der Waals surface area contributed by atoms with E-state index < -0.39 is 15.8 Å². The van der Waals surface area contributed by atoms with Crippen LogP contribution < -0.4 is 4.90 Å². The summed E-state index contributed by atoms with van der Waals surface area (Å²) in [4.78, 5) is 16.7. The molecule has 2 heterocycles. The minimum Gasteiger partial charge on any atom is -0.478 e. The van der Waals surface area contributed by atoms with Gasteiger partial charge in [0.25, 0.3) is 0 Å². The summed E-state index contributed by atoms with van der Waals surface area (Å²) < 4.78 is 22.7. The zero-order chi connectivity index (χ0) is 14.2. The first kappa shape index (κ1) is 14.4. The first-order chi connectivity index (χ1) is 8.80. The van der Waals surface area contributed by atoms with Gasteiger partial charge in [-0.15, -0.1) is 0 Å². The molecule has 0 aliphatic carbocycles. The van der Waals surface area contributed by atoms with Gasteiger partial charge in [0, 0.05) is 13.1 Å². The van der Waals surface area contributed by atoms with Gasteiger partial charge in [0.15, 0.2) is 9.84 Å². The number of sulfone groups is 1. The molecular formula is C10H10Cl2N2O4S. The molecule has 0 atom stereocenters. The second-order valence-corrected chi connectivity index (χ2v) is 7.17. The Bertz CT molecular complexity index is 619. The molecule has 1 aromatic rings. The van der Waals surface area contributed by atoms with Gasteiger partial charge in [-0.25, -0.2) is 18.2 Å². The SMILES string of the molecule is O=C(O)c1c(Cl)cc(Cl)nc1N1CCS(=O)(=O)CC1. The predicted octanol–water partition coefficient (Wildman–Crippen LogP) is 1.32. The first-order valence-electron chi connectivity index (χ1n) is 5.35. The van der Waals surface area contributed by atoms with E-state index in [0.717, 1.165) is 0 Å². The number of anilines is 1. The number of aromatic carboxylic acids is 1. The van der Waals surface area contributed by atoms with Crippen molar-refractivity contribution in [3.8, 4) is 0 Å². The monoisotopic (exact) mass is 324 g/mol. The van der Waals surface area contributed by atoms with Gasteiger partial charge >= 0.3 is 5.97 Å². The predicted molar refractivity (Wildman–Crippen MR) is 72.1 cm³/mol. The normalized spacial score (nSPS) is 18.3. The highest BCUT2D eigenvalue weighted by Gasteiger charge is 2.27. The fourth-order valence-electron chi connectivity index (χ4n) is 1.82. The van der Waals surface area contributed by atoms with Crippen LogP contribution in [0.25, 0.3) is 0 Å². The molecule has 0 saturated carbocycles. The van der Waals surface area contributed by atoms with Crippen molar-refractivity contribution in [2.75, 3.05) is 29.5 Å². The number of rotatable bonds is 2. The van der Waals surface area contributed by atoms with E-state index in [1.54, 1.807) is 4.90 Å². The summed E-state index contributed by atoms with van der Waals surface area (Å²) in [6.07, 6.45) is 0. The van der Waals surface area contributed by atoms with Crippen LogP contribution in [0.4, 0.5) is 5.82 Å². The van der Waals surface area contributed by atoms with Crippen molar-refractivity contribution in [3.05, 3.63) is 21.8 Å². The molecule has 1 saturated heterocycles. The number of halogens is 2. The van der Waals surface area contributed by atoms with Crippen LogP contribution in [0.1, 0.15) is 10.4 Å². The summed E-state index contributed by atoms with van der Waals surface area (Å²) in [6, 6.07) is 1.25. The third-order valence-corrected chi connectivity index (χ3v) is 4.88. The van der Waals surface area contributed by atoms with Crippen molar-refractivity contribution >= 4 is 44.8 Å². The minimum absolute atomic E-state index is 0.0177. The lowest BCUT2D eigenvalue weighted by molar-refractivity contribution is 0.0697. The van der Waals surface area contributed by atoms with Crippen LogP contribution in [-0.2, 0) is 9.84 Å². The lowest BCUT2D eigenvalue weighted by Crippen LogP contribution is -2.41. The molecule has 1 aliphatic rings. The standard InChI is InChI=1S/C10H10Cl2N2O4S/c11-6-5-7(12)13-9(8(6)10(15)16)14-1-3-19(17,18)4-2-14/h5H,1-4H2,(H,15,16). The molecule has 1 fully saturated rings. The van der Waals surface area contributed by atoms with Gasteiger partial charge in [-0.3, -0.25) is 0 Å². The molecule has 6 nitrogen and oxygen atoms in total. The number of nitrogens with zero attached hydrogens (tertiary/aromatic N) is 2. The van der Waals surface area contributed by atoms with Crippen LogP contribution in [0.2, 0.25) is 10.2 Å². The molecule has 0 bridgehead atoms.